The van der Waals surface area contributed by atoms with Gasteiger partial charge in [-0.15, -0.1) is 0 Å². The molecule has 0 aliphatic rings. The first-order valence-electron chi connectivity index (χ1n) is 6.69. The number of benzene rings is 1. The second-order valence-electron chi connectivity index (χ2n) is 4.77. The minimum absolute atomic E-state index is 0.0313. The molecule has 100 valence electrons. The molecule has 0 aromatic heterocycles. The zero-order valence-electron chi connectivity index (χ0n) is 11.3. The van der Waals surface area contributed by atoms with E-state index in [4.69, 9.17) is 0 Å². The van der Waals surface area contributed by atoms with E-state index in [0.29, 0.717) is 6.42 Å². The molecule has 0 aliphatic carbocycles. The highest BCUT2D eigenvalue weighted by atomic mass is 16.3. The van der Waals surface area contributed by atoms with E-state index in [1.807, 2.05) is 19.1 Å². The fourth-order valence-corrected chi connectivity index (χ4v) is 1.84. The Labute approximate surface area is 109 Å². The molecule has 1 rings (SSSR count). The van der Waals surface area contributed by atoms with Crippen LogP contribution in [0.1, 0.15) is 38.7 Å². The number of nitrogens with one attached hydrogen (secondary N) is 1. The van der Waals surface area contributed by atoms with Gasteiger partial charge in [0.25, 0.3) is 0 Å². The van der Waals surface area contributed by atoms with Crippen LogP contribution in [-0.2, 0) is 11.2 Å². The number of phenolic OH excluding ortho intramolecular Hbond substituents is 1. The Bertz CT molecular complexity index is 359. The van der Waals surface area contributed by atoms with Gasteiger partial charge in [0.1, 0.15) is 5.75 Å². The molecule has 0 fully saturated rings. The molecule has 0 spiro atoms. The summed E-state index contributed by atoms with van der Waals surface area (Å²) in [6.07, 6.45) is 4.08. The number of unbranched alkanes of at least 4 members (excludes halogenated alkanes) is 2. The third-order valence-electron chi connectivity index (χ3n) is 3.01. The normalized spacial score (nSPS) is 12.1. The van der Waals surface area contributed by atoms with Crippen molar-refractivity contribution in [3.8, 4) is 5.75 Å². The van der Waals surface area contributed by atoms with Crippen molar-refractivity contribution < 1.29 is 9.90 Å². The third kappa shape index (κ3) is 5.21. The van der Waals surface area contributed by atoms with Crippen molar-refractivity contribution in [2.75, 3.05) is 6.54 Å². The fourth-order valence-electron chi connectivity index (χ4n) is 1.84. The van der Waals surface area contributed by atoms with E-state index in [2.05, 4.69) is 12.2 Å². The number of carbonyl (C=O) groups is 1. The van der Waals surface area contributed by atoms with Crippen LogP contribution >= 0.6 is 0 Å². The average molecular weight is 249 g/mol. The van der Waals surface area contributed by atoms with Crippen molar-refractivity contribution >= 4 is 5.91 Å². The van der Waals surface area contributed by atoms with E-state index in [1.165, 1.54) is 6.42 Å². The molecule has 1 atom stereocenters. The van der Waals surface area contributed by atoms with Crippen LogP contribution in [0.2, 0.25) is 0 Å². The highest BCUT2D eigenvalue weighted by Gasteiger charge is 2.12. The minimum atomic E-state index is -0.0313. The largest absolute Gasteiger partial charge is 0.508 e. The van der Waals surface area contributed by atoms with Crippen LogP contribution in [0.5, 0.6) is 5.75 Å². The van der Waals surface area contributed by atoms with Gasteiger partial charge in [0.2, 0.25) is 5.91 Å². The third-order valence-corrected chi connectivity index (χ3v) is 3.01. The molecule has 2 N–H and O–H groups in total. The van der Waals surface area contributed by atoms with Gasteiger partial charge in [0.15, 0.2) is 0 Å². The van der Waals surface area contributed by atoms with Crippen molar-refractivity contribution in [1.82, 2.24) is 5.32 Å². The van der Waals surface area contributed by atoms with E-state index in [0.717, 1.165) is 24.9 Å². The molecule has 3 heteroatoms. The Morgan fingerprint density at radius 3 is 2.56 bits per heavy atom. The summed E-state index contributed by atoms with van der Waals surface area (Å²) >= 11 is 0. The molecule has 0 aliphatic heterocycles. The topological polar surface area (TPSA) is 49.3 Å². The number of carbonyl (C=O) groups excluding carboxylic acids is 1. The summed E-state index contributed by atoms with van der Waals surface area (Å²) in [5.41, 5.74) is 1.07. The molecule has 0 radical (unpaired) electrons. The summed E-state index contributed by atoms with van der Waals surface area (Å²) in [5, 5.41) is 12.1. The Balaban J connectivity index is 2.33. The van der Waals surface area contributed by atoms with Crippen molar-refractivity contribution in [1.29, 1.82) is 0 Å². The SMILES string of the molecule is CCCCCNC(=O)[C@@H](C)Cc1ccc(O)cc1. The predicted octanol–water partition coefficient (Wildman–Crippen LogP) is 2.88. The Kier molecular flexibility index (Phi) is 6.26. The van der Waals surface area contributed by atoms with Crippen molar-refractivity contribution in [3.63, 3.8) is 0 Å². The quantitative estimate of drug-likeness (QED) is 0.730. The van der Waals surface area contributed by atoms with Gasteiger partial charge in [0.05, 0.1) is 0 Å². The monoisotopic (exact) mass is 249 g/mol. The number of hydrogen-bond donors (Lipinski definition) is 2. The second kappa shape index (κ2) is 7.75. The van der Waals surface area contributed by atoms with Crippen LogP contribution in [0, 0.1) is 5.92 Å². The maximum absolute atomic E-state index is 11.8. The fraction of sp³-hybridized carbons (Fsp3) is 0.533. The Morgan fingerprint density at radius 1 is 1.28 bits per heavy atom. The number of hydrogen-bond acceptors (Lipinski definition) is 2. The number of aromatic hydroxyl groups is 1. The first-order chi connectivity index (χ1) is 8.63. The van der Waals surface area contributed by atoms with Gasteiger partial charge < -0.3 is 10.4 Å². The first kappa shape index (κ1) is 14.6. The predicted molar refractivity (Wildman–Crippen MR) is 73.5 cm³/mol. The smallest absolute Gasteiger partial charge is 0.223 e. The van der Waals surface area contributed by atoms with Gasteiger partial charge in [-0.05, 0) is 30.5 Å². The molecule has 3 nitrogen and oxygen atoms in total. The molecule has 1 aromatic rings. The Morgan fingerprint density at radius 2 is 1.94 bits per heavy atom. The Hall–Kier alpha value is -1.51. The zero-order valence-corrected chi connectivity index (χ0v) is 11.3. The molecule has 0 unspecified atom stereocenters. The van der Waals surface area contributed by atoms with Gasteiger partial charge >= 0.3 is 0 Å². The first-order valence-corrected chi connectivity index (χ1v) is 6.69. The minimum Gasteiger partial charge on any atom is -0.508 e. The van der Waals surface area contributed by atoms with Gasteiger partial charge in [-0.2, -0.15) is 0 Å². The second-order valence-corrected chi connectivity index (χ2v) is 4.77. The van der Waals surface area contributed by atoms with Gasteiger partial charge in [-0.25, -0.2) is 0 Å². The molecule has 1 amide bonds. The maximum Gasteiger partial charge on any atom is 0.223 e. The lowest BCUT2D eigenvalue weighted by molar-refractivity contribution is -0.124. The van der Waals surface area contributed by atoms with E-state index in [1.54, 1.807) is 12.1 Å². The lowest BCUT2D eigenvalue weighted by Crippen LogP contribution is -2.31. The van der Waals surface area contributed by atoms with E-state index in [-0.39, 0.29) is 17.6 Å². The molecule has 0 bridgehead atoms. The summed E-state index contributed by atoms with van der Waals surface area (Å²) in [5.74, 6) is 0.339. The highest BCUT2D eigenvalue weighted by molar-refractivity contribution is 5.78. The lowest BCUT2D eigenvalue weighted by Gasteiger charge is -2.12. The molecular formula is C15H23NO2. The number of amides is 1. The van der Waals surface area contributed by atoms with Crippen molar-refractivity contribution in [2.45, 2.75) is 39.5 Å². The number of phenols is 1. The van der Waals surface area contributed by atoms with Crippen LogP contribution in [0.4, 0.5) is 0 Å². The zero-order chi connectivity index (χ0) is 13.4. The van der Waals surface area contributed by atoms with E-state index in [9.17, 15) is 9.90 Å². The number of rotatable bonds is 7. The summed E-state index contributed by atoms with van der Waals surface area (Å²) in [6.45, 7) is 4.85. The molecule has 1 aromatic carbocycles. The molecule has 0 saturated carbocycles. The van der Waals surface area contributed by atoms with Crippen LogP contribution in [-0.4, -0.2) is 17.6 Å². The van der Waals surface area contributed by atoms with Gasteiger partial charge in [0, 0.05) is 12.5 Å². The van der Waals surface area contributed by atoms with Crippen LogP contribution in [0.3, 0.4) is 0 Å². The van der Waals surface area contributed by atoms with E-state index >= 15 is 0 Å². The highest BCUT2D eigenvalue weighted by Crippen LogP contribution is 2.13. The van der Waals surface area contributed by atoms with Crippen LogP contribution in [0.15, 0.2) is 24.3 Å². The van der Waals surface area contributed by atoms with Crippen LogP contribution < -0.4 is 5.32 Å². The molecule has 0 saturated heterocycles. The maximum atomic E-state index is 11.8. The summed E-state index contributed by atoms with van der Waals surface area (Å²) in [6, 6.07) is 7.02. The molecule has 0 heterocycles. The van der Waals surface area contributed by atoms with Crippen LogP contribution in [0.25, 0.3) is 0 Å². The van der Waals surface area contributed by atoms with Crippen molar-refractivity contribution in [3.05, 3.63) is 29.8 Å². The summed E-state index contributed by atoms with van der Waals surface area (Å²) < 4.78 is 0. The summed E-state index contributed by atoms with van der Waals surface area (Å²) in [7, 11) is 0. The lowest BCUT2D eigenvalue weighted by atomic mass is 10.0. The molecular weight excluding hydrogens is 226 g/mol. The van der Waals surface area contributed by atoms with E-state index < -0.39 is 0 Å². The van der Waals surface area contributed by atoms with Gasteiger partial charge in [-0.1, -0.05) is 38.8 Å². The standard InChI is InChI=1S/C15H23NO2/c1-3-4-5-10-16-15(18)12(2)11-13-6-8-14(17)9-7-13/h6-9,12,17H,3-5,10-11H2,1-2H3,(H,16,18)/t12-/m0/s1. The van der Waals surface area contributed by atoms with Crippen molar-refractivity contribution in [2.24, 2.45) is 5.92 Å². The van der Waals surface area contributed by atoms with Gasteiger partial charge in [-0.3, -0.25) is 4.79 Å². The average Bonchev–Trinajstić information content (AvgIpc) is 2.37. The molecule has 18 heavy (non-hydrogen) atoms. The summed E-state index contributed by atoms with van der Waals surface area (Å²) in [4.78, 5) is 11.8.